The van der Waals surface area contributed by atoms with E-state index in [1.54, 1.807) is 0 Å². The first-order valence-electron chi connectivity index (χ1n) is 5.77. The van der Waals surface area contributed by atoms with Gasteiger partial charge in [-0.2, -0.15) is 0 Å². The lowest BCUT2D eigenvalue weighted by atomic mass is 9.94. The Hall–Kier alpha value is -0.860. The van der Waals surface area contributed by atoms with Gasteiger partial charge in [0.1, 0.15) is 0 Å². The van der Waals surface area contributed by atoms with E-state index in [1.807, 2.05) is 0 Å². The average Bonchev–Trinajstić information content (AvgIpc) is 2.25. The Bertz CT molecular complexity index is 297. The third kappa shape index (κ3) is 2.80. The molecule has 0 saturated carbocycles. The van der Waals surface area contributed by atoms with Crippen LogP contribution in [-0.2, 0) is 6.54 Å². The SMILES string of the molecule is C[C@@H]1CN(Cc2ccccc2)CCC1N. The number of piperidine rings is 1. The minimum absolute atomic E-state index is 0.400. The first-order chi connectivity index (χ1) is 7.25. The zero-order valence-electron chi connectivity index (χ0n) is 9.39. The molecule has 15 heavy (non-hydrogen) atoms. The van der Waals surface area contributed by atoms with Gasteiger partial charge in [0.15, 0.2) is 0 Å². The molecule has 1 aromatic carbocycles. The van der Waals surface area contributed by atoms with E-state index >= 15 is 0 Å². The third-order valence-corrected chi connectivity index (χ3v) is 3.30. The predicted molar refractivity (Wildman–Crippen MR) is 63.5 cm³/mol. The summed E-state index contributed by atoms with van der Waals surface area (Å²) >= 11 is 0. The summed E-state index contributed by atoms with van der Waals surface area (Å²) in [7, 11) is 0. The van der Waals surface area contributed by atoms with E-state index in [4.69, 9.17) is 5.73 Å². The Labute approximate surface area is 92.1 Å². The van der Waals surface area contributed by atoms with Gasteiger partial charge in [0.05, 0.1) is 0 Å². The van der Waals surface area contributed by atoms with Gasteiger partial charge < -0.3 is 5.73 Å². The minimum Gasteiger partial charge on any atom is -0.327 e. The lowest BCUT2D eigenvalue weighted by Crippen LogP contribution is -2.45. The normalized spacial score (nSPS) is 27.9. The molecular formula is C13H20N2. The number of nitrogens with zero attached hydrogens (tertiary/aromatic N) is 1. The lowest BCUT2D eigenvalue weighted by Gasteiger charge is -2.35. The van der Waals surface area contributed by atoms with Crippen molar-refractivity contribution in [1.82, 2.24) is 4.90 Å². The number of hydrogen-bond acceptors (Lipinski definition) is 2. The van der Waals surface area contributed by atoms with Crippen LogP contribution in [0.25, 0.3) is 0 Å². The van der Waals surface area contributed by atoms with Gasteiger partial charge in [-0.3, -0.25) is 4.90 Å². The molecule has 2 heteroatoms. The summed E-state index contributed by atoms with van der Waals surface area (Å²) in [6, 6.07) is 11.1. The van der Waals surface area contributed by atoms with Crippen LogP contribution in [0, 0.1) is 5.92 Å². The molecule has 1 aliphatic rings. The van der Waals surface area contributed by atoms with E-state index in [0.29, 0.717) is 12.0 Å². The zero-order chi connectivity index (χ0) is 10.7. The van der Waals surface area contributed by atoms with Crippen molar-refractivity contribution in [2.75, 3.05) is 13.1 Å². The highest BCUT2D eigenvalue weighted by Gasteiger charge is 2.22. The predicted octanol–water partition coefficient (Wildman–Crippen LogP) is 1.86. The first-order valence-corrected chi connectivity index (χ1v) is 5.77. The van der Waals surface area contributed by atoms with Crippen LogP contribution in [0.4, 0.5) is 0 Å². The maximum atomic E-state index is 6.01. The van der Waals surface area contributed by atoms with E-state index in [2.05, 4.69) is 42.2 Å². The van der Waals surface area contributed by atoms with Gasteiger partial charge >= 0.3 is 0 Å². The number of hydrogen-bond donors (Lipinski definition) is 1. The molecule has 0 bridgehead atoms. The topological polar surface area (TPSA) is 29.3 Å². The van der Waals surface area contributed by atoms with E-state index < -0.39 is 0 Å². The largest absolute Gasteiger partial charge is 0.327 e. The molecular weight excluding hydrogens is 184 g/mol. The summed E-state index contributed by atoms with van der Waals surface area (Å²) in [5.41, 5.74) is 7.41. The van der Waals surface area contributed by atoms with E-state index in [9.17, 15) is 0 Å². The molecule has 2 atom stereocenters. The Morgan fingerprint density at radius 3 is 2.73 bits per heavy atom. The van der Waals surface area contributed by atoms with Crippen molar-refractivity contribution in [3.05, 3.63) is 35.9 Å². The Morgan fingerprint density at radius 2 is 2.07 bits per heavy atom. The molecule has 1 heterocycles. The molecule has 0 aromatic heterocycles. The molecule has 0 aliphatic carbocycles. The second-order valence-electron chi connectivity index (χ2n) is 4.65. The molecule has 1 aromatic rings. The van der Waals surface area contributed by atoms with E-state index in [0.717, 1.165) is 26.1 Å². The quantitative estimate of drug-likeness (QED) is 0.796. The van der Waals surface area contributed by atoms with Crippen molar-refractivity contribution in [1.29, 1.82) is 0 Å². The molecule has 1 fully saturated rings. The fourth-order valence-electron chi connectivity index (χ4n) is 2.24. The van der Waals surface area contributed by atoms with Crippen molar-refractivity contribution in [2.24, 2.45) is 11.7 Å². The van der Waals surface area contributed by atoms with Crippen LogP contribution in [0.5, 0.6) is 0 Å². The lowest BCUT2D eigenvalue weighted by molar-refractivity contribution is 0.158. The summed E-state index contributed by atoms with van der Waals surface area (Å²) in [6.45, 7) is 5.59. The highest BCUT2D eigenvalue weighted by Crippen LogP contribution is 2.16. The van der Waals surface area contributed by atoms with Crippen LogP contribution in [0.1, 0.15) is 18.9 Å². The van der Waals surface area contributed by atoms with Gasteiger partial charge in [-0.25, -0.2) is 0 Å². The van der Waals surface area contributed by atoms with Crippen molar-refractivity contribution >= 4 is 0 Å². The summed E-state index contributed by atoms with van der Waals surface area (Å²) in [5, 5.41) is 0. The van der Waals surface area contributed by atoms with Gasteiger partial charge in [0.25, 0.3) is 0 Å². The molecule has 1 saturated heterocycles. The van der Waals surface area contributed by atoms with Crippen LogP contribution in [0.3, 0.4) is 0 Å². The molecule has 2 rings (SSSR count). The minimum atomic E-state index is 0.400. The standard InChI is InChI=1S/C13H20N2/c1-11-9-15(8-7-13(11)14)10-12-5-3-2-4-6-12/h2-6,11,13H,7-10,14H2,1H3/t11-,13?/m1/s1. The van der Waals surface area contributed by atoms with Crippen LogP contribution < -0.4 is 5.73 Å². The molecule has 1 unspecified atom stereocenters. The number of benzene rings is 1. The highest BCUT2D eigenvalue weighted by molar-refractivity contribution is 5.14. The molecule has 82 valence electrons. The van der Waals surface area contributed by atoms with Crippen LogP contribution >= 0.6 is 0 Å². The maximum absolute atomic E-state index is 6.01. The van der Waals surface area contributed by atoms with E-state index in [1.165, 1.54) is 5.56 Å². The van der Waals surface area contributed by atoms with Crippen molar-refractivity contribution < 1.29 is 0 Å². The van der Waals surface area contributed by atoms with Gasteiger partial charge in [0, 0.05) is 19.1 Å². The number of likely N-dealkylation sites (tertiary alicyclic amines) is 1. The second-order valence-corrected chi connectivity index (χ2v) is 4.65. The Morgan fingerprint density at radius 1 is 1.33 bits per heavy atom. The molecule has 0 spiro atoms. The van der Waals surface area contributed by atoms with Crippen molar-refractivity contribution in [3.63, 3.8) is 0 Å². The second kappa shape index (κ2) is 4.77. The zero-order valence-corrected chi connectivity index (χ0v) is 9.39. The summed E-state index contributed by atoms with van der Waals surface area (Å²) < 4.78 is 0. The van der Waals surface area contributed by atoms with Gasteiger partial charge in [-0.05, 0) is 24.4 Å². The average molecular weight is 204 g/mol. The fourth-order valence-corrected chi connectivity index (χ4v) is 2.24. The third-order valence-electron chi connectivity index (χ3n) is 3.30. The molecule has 2 nitrogen and oxygen atoms in total. The number of rotatable bonds is 2. The summed E-state index contributed by atoms with van der Waals surface area (Å²) in [4.78, 5) is 2.50. The van der Waals surface area contributed by atoms with Crippen LogP contribution in [0.2, 0.25) is 0 Å². The first kappa shape index (κ1) is 10.7. The summed E-state index contributed by atoms with van der Waals surface area (Å²) in [5.74, 6) is 0.627. The van der Waals surface area contributed by atoms with E-state index in [-0.39, 0.29) is 0 Å². The van der Waals surface area contributed by atoms with Crippen molar-refractivity contribution in [3.8, 4) is 0 Å². The van der Waals surface area contributed by atoms with Gasteiger partial charge in [0.2, 0.25) is 0 Å². The molecule has 1 aliphatic heterocycles. The summed E-state index contributed by atoms with van der Waals surface area (Å²) in [6.07, 6.45) is 1.13. The number of nitrogens with two attached hydrogens (primary N) is 1. The fraction of sp³-hybridized carbons (Fsp3) is 0.538. The van der Waals surface area contributed by atoms with Gasteiger partial charge in [-0.15, -0.1) is 0 Å². The van der Waals surface area contributed by atoms with Crippen molar-refractivity contribution in [2.45, 2.75) is 25.9 Å². The maximum Gasteiger partial charge on any atom is 0.0233 e. The van der Waals surface area contributed by atoms with Gasteiger partial charge in [-0.1, -0.05) is 37.3 Å². The molecule has 2 N–H and O–H groups in total. The van der Waals surface area contributed by atoms with Crippen LogP contribution in [0.15, 0.2) is 30.3 Å². The molecule has 0 amide bonds. The van der Waals surface area contributed by atoms with Crippen LogP contribution in [-0.4, -0.2) is 24.0 Å². The Balaban J connectivity index is 1.91. The molecule has 0 radical (unpaired) electrons. The highest BCUT2D eigenvalue weighted by atomic mass is 15.1. The Kier molecular flexibility index (Phi) is 3.39. The monoisotopic (exact) mass is 204 g/mol. The smallest absolute Gasteiger partial charge is 0.0233 e.